The molecule has 8 heteroatoms. The summed E-state index contributed by atoms with van der Waals surface area (Å²) < 4.78 is 23.7. The van der Waals surface area contributed by atoms with Gasteiger partial charge in [-0.05, 0) is 12.1 Å². The van der Waals surface area contributed by atoms with E-state index in [1.807, 2.05) is 0 Å². The first kappa shape index (κ1) is 12.0. The molecule has 0 aliphatic carbocycles. The number of nitrogens with zero attached hydrogens (tertiary/aromatic N) is 3. The van der Waals surface area contributed by atoms with Gasteiger partial charge in [-0.15, -0.1) is 10.2 Å². The van der Waals surface area contributed by atoms with Crippen LogP contribution in [0.15, 0.2) is 29.4 Å². The van der Waals surface area contributed by atoms with Crippen molar-refractivity contribution in [1.82, 2.24) is 14.8 Å². The van der Waals surface area contributed by atoms with Crippen LogP contribution >= 0.6 is 11.6 Å². The first-order valence-electron chi connectivity index (χ1n) is 4.58. The molecule has 2 N–H and O–H groups in total. The summed E-state index contributed by atoms with van der Waals surface area (Å²) in [5.41, 5.74) is 0.669. The minimum atomic E-state index is -3.87. The highest BCUT2D eigenvalue weighted by Gasteiger charge is 2.19. The Hall–Kier alpha value is -1.44. The second-order valence-electron chi connectivity index (χ2n) is 3.42. The van der Waals surface area contributed by atoms with Crippen LogP contribution in [0.2, 0.25) is 5.02 Å². The van der Waals surface area contributed by atoms with Gasteiger partial charge in [0.05, 0.1) is 0 Å². The summed E-state index contributed by atoms with van der Waals surface area (Å²) in [6.07, 6.45) is 0. The van der Waals surface area contributed by atoms with E-state index in [-0.39, 0.29) is 5.16 Å². The predicted octanol–water partition coefficient (Wildman–Crippen LogP) is 0.783. The highest BCUT2D eigenvalue weighted by atomic mass is 35.5. The second-order valence-corrected chi connectivity index (χ2v) is 5.31. The molecule has 0 unspecified atom stereocenters. The molecular formula is C9H9ClN4O2S. The smallest absolute Gasteiger partial charge is 0.273 e. The van der Waals surface area contributed by atoms with Gasteiger partial charge < -0.3 is 0 Å². The monoisotopic (exact) mass is 272 g/mol. The number of nitrogens with two attached hydrogens (primary N) is 1. The number of rotatable bonds is 2. The summed E-state index contributed by atoms with van der Waals surface area (Å²) in [6.45, 7) is 0. The van der Waals surface area contributed by atoms with Gasteiger partial charge in [0.15, 0.2) is 5.82 Å². The molecule has 0 fully saturated rings. The van der Waals surface area contributed by atoms with Crippen LogP contribution in [-0.4, -0.2) is 23.2 Å². The van der Waals surface area contributed by atoms with Crippen molar-refractivity contribution in [2.45, 2.75) is 5.16 Å². The minimum Gasteiger partial charge on any atom is -0.300 e. The normalized spacial score (nSPS) is 11.7. The maximum absolute atomic E-state index is 11.2. The average molecular weight is 273 g/mol. The molecule has 0 aliphatic rings. The zero-order valence-corrected chi connectivity index (χ0v) is 10.4. The third-order valence-electron chi connectivity index (χ3n) is 2.17. The Balaban J connectivity index is 2.60. The molecule has 1 aromatic heterocycles. The van der Waals surface area contributed by atoms with Crippen molar-refractivity contribution in [1.29, 1.82) is 0 Å². The fourth-order valence-electron chi connectivity index (χ4n) is 1.44. The van der Waals surface area contributed by atoms with Crippen LogP contribution in [0.1, 0.15) is 0 Å². The van der Waals surface area contributed by atoms with E-state index >= 15 is 0 Å². The standard InChI is InChI=1S/C9H9ClN4O2S/c1-14-8(6-3-2-4-7(10)5-6)12-13-9(14)17(11,15)16/h2-5H,1H3,(H2,11,15,16). The van der Waals surface area contributed by atoms with Crippen molar-refractivity contribution in [3.63, 3.8) is 0 Å². The lowest BCUT2D eigenvalue weighted by Crippen LogP contribution is -2.17. The van der Waals surface area contributed by atoms with Crippen LogP contribution in [0.3, 0.4) is 0 Å². The van der Waals surface area contributed by atoms with Crippen molar-refractivity contribution in [3.8, 4) is 11.4 Å². The highest BCUT2D eigenvalue weighted by Crippen LogP contribution is 2.21. The van der Waals surface area contributed by atoms with Crippen LogP contribution in [0.25, 0.3) is 11.4 Å². The van der Waals surface area contributed by atoms with Crippen LogP contribution < -0.4 is 5.14 Å². The average Bonchev–Trinajstić information content (AvgIpc) is 2.59. The molecule has 0 saturated carbocycles. The molecule has 90 valence electrons. The lowest BCUT2D eigenvalue weighted by atomic mass is 10.2. The zero-order valence-electron chi connectivity index (χ0n) is 8.83. The van der Waals surface area contributed by atoms with Gasteiger partial charge in [-0.1, -0.05) is 23.7 Å². The minimum absolute atomic E-state index is 0.285. The highest BCUT2D eigenvalue weighted by molar-refractivity contribution is 7.89. The Bertz CT molecular complexity index is 665. The van der Waals surface area contributed by atoms with E-state index < -0.39 is 10.0 Å². The molecule has 0 atom stereocenters. The first-order valence-corrected chi connectivity index (χ1v) is 6.50. The largest absolute Gasteiger partial charge is 0.300 e. The Morgan fingerprint density at radius 2 is 2.06 bits per heavy atom. The van der Waals surface area contributed by atoms with Gasteiger partial charge in [-0.25, -0.2) is 13.6 Å². The van der Waals surface area contributed by atoms with E-state index in [0.29, 0.717) is 16.4 Å². The van der Waals surface area contributed by atoms with Crippen molar-refractivity contribution in [3.05, 3.63) is 29.3 Å². The van der Waals surface area contributed by atoms with Gasteiger partial charge in [0, 0.05) is 17.6 Å². The zero-order chi connectivity index (χ0) is 12.6. The predicted molar refractivity (Wildman–Crippen MR) is 62.8 cm³/mol. The van der Waals surface area contributed by atoms with Crippen molar-refractivity contribution >= 4 is 21.6 Å². The molecule has 0 saturated heterocycles. The van der Waals surface area contributed by atoms with E-state index in [1.165, 1.54) is 11.6 Å². The van der Waals surface area contributed by atoms with Gasteiger partial charge in [-0.2, -0.15) is 0 Å². The molecule has 6 nitrogen and oxygen atoms in total. The summed E-state index contributed by atoms with van der Waals surface area (Å²) in [5.74, 6) is 0.386. The summed E-state index contributed by atoms with van der Waals surface area (Å²) in [4.78, 5) is 0. The van der Waals surface area contributed by atoms with E-state index in [4.69, 9.17) is 16.7 Å². The third-order valence-corrected chi connectivity index (χ3v) is 3.27. The molecule has 0 aliphatic heterocycles. The number of benzene rings is 1. The van der Waals surface area contributed by atoms with Crippen molar-refractivity contribution < 1.29 is 8.42 Å². The van der Waals surface area contributed by atoms with E-state index in [2.05, 4.69) is 10.2 Å². The Morgan fingerprint density at radius 1 is 1.35 bits per heavy atom. The van der Waals surface area contributed by atoms with Gasteiger partial charge >= 0.3 is 0 Å². The molecule has 0 spiro atoms. The molecule has 0 amide bonds. The first-order chi connectivity index (χ1) is 7.89. The maximum atomic E-state index is 11.2. The van der Waals surface area contributed by atoms with E-state index in [0.717, 1.165) is 0 Å². The lowest BCUT2D eigenvalue weighted by molar-refractivity contribution is 0.580. The van der Waals surface area contributed by atoms with E-state index in [1.54, 1.807) is 24.3 Å². The van der Waals surface area contributed by atoms with Gasteiger partial charge in [0.1, 0.15) is 0 Å². The number of halogens is 1. The van der Waals surface area contributed by atoms with Gasteiger partial charge in [-0.3, -0.25) is 4.57 Å². The van der Waals surface area contributed by atoms with Crippen LogP contribution in [0, 0.1) is 0 Å². The molecule has 1 aromatic carbocycles. The molecule has 17 heavy (non-hydrogen) atoms. The molecule has 2 aromatic rings. The van der Waals surface area contributed by atoms with Crippen molar-refractivity contribution in [2.24, 2.45) is 12.2 Å². The molecule has 0 radical (unpaired) electrons. The van der Waals surface area contributed by atoms with Crippen LogP contribution in [-0.2, 0) is 17.1 Å². The SMILES string of the molecule is Cn1c(-c2cccc(Cl)c2)nnc1S(N)(=O)=O. The van der Waals surface area contributed by atoms with Crippen LogP contribution in [0.4, 0.5) is 0 Å². The third kappa shape index (κ3) is 2.31. The summed E-state index contributed by atoms with van der Waals surface area (Å²) >= 11 is 5.84. The van der Waals surface area contributed by atoms with Gasteiger partial charge in [0.2, 0.25) is 0 Å². The van der Waals surface area contributed by atoms with Crippen LogP contribution in [0.5, 0.6) is 0 Å². The van der Waals surface area contributed by atoms with E-state index in [9.17, 15) is 8.42 Å². The molecule has 2 rings (SSSR count). The van der Waals surface area contributed by atoms with Gasteiger partial charge in [0.25, 0.3) is 15.2 Å². The summed E-state index contributed by atoms with van der Waals surface area (Å²) in [7, 11) is -2.35. The second kappa shape index (κ2) is 4.10. The Kier molecular flexibility index (Phi) is 2.90. The number of sulfonamides is 1. The lowest BCUT2D eigenvalue weighted by Gasteiger charge is -2.02. The fourth-order valence-corrected chi connectivity index (χ4v) is 2.25. The quantitative estimate of drug-likeness (QED) is 0.875. The fraction of sp³-hybridized carbons (Fsp3) is 0.111. The number of primary sulfonamides is 1. The summed E-state index contributed by atoms with van der Waals surface area (Å²) in [5, 5.41) is 12.6. The Morgan fingerprint density at radius 3 is 2.59 bits per heavy atom. The molecule has 0 bridgehead atoms. The Labute approximate surface area is 103 Å². The number of aromatic nitrogens is 3. The molecular weight excluding hydrogens is 264 g/mol. The van der Waals surface area contributed by atoms with Crippen molar-refractivity contribution in [2.75, 3.05) is 0 Å². The molecule has 1 heterocycles. The topological polar surface area (TPSA) is 90.9 Å². The summed E-state index contributed by atoms with van der Waals surface area (Å²) in [6, 6.07) is 6.87. The maximum Gasteiger partial charge on any atom is 0.273 e. The number of hydrogen-bond acceptors (Lipinski definition) is 4. The number of hydrogen-bond donors (Lipinski definition) is 1.